The van der Waals surface area contributed by atoms with Crippen LogP contribution in [-0.2, 0) is 35.7 Å². The Morgan fingerprint density at radius 2 is 1.12 bits per heavy atom. The number of thioether (sulfide) groups is 1. The summed E-state index contributed by atoms with van der Waals surface area (Å²) in [7, 11) is 0. The first-order valence-electron chi connectivity index (χ1n) is 22.7. The van der Waals surface area contributed by atoms with Gasteiger partial charge in [0.2, 0.25) is 0 Å². The van der Waals surface area contributed by atoms with E-state index in [1.54, 1.807) is 12.1 Å². The lowest BCUT2D eigenvalue weighted by atomic mass is 10.1. The third kappa shape index (κ3) is 13.9. The van der Waals surface area contributed by atoms with E-state index in [0.717, 1.165) is 85.0 Å². The maximum atomic E-state index is 13.5. The zero-order chi connectivity index (χ0) is 50.4. The number of ether oxygens (including phenoxy) is 2. The van der Waals surface area contributed by atoms with Gasteiger partial charge in [-0.2, -0.15) is 10.5 Å². The molecule has 8 aromatic rings. The van der Waals surface area contributed by atoms with Gasteiger partial charge in [-0.15, -0.1) is 11.3 Å². The fourth-order valence-corrected chi connectivity index (χ4v) is 10.3. The third-order valence-corrected chi connectivity index (χ3v) is 15.0. The number of benzene rings is 4. The molecule has 2 aliphatic rings. The van der Waals surface area contributed by atoms with Crippen molar-refractivity contribution >= 4 is 106 Å². The minimum absolute atomic E-state index is 0.00133. The van der Waals surface area contributed by atoms with Gasteiger partial charge in [0.15, 0.2) is 20.8 Å². The van der Waals surface area contributed by atoms with Gasteiger partial charge in [-0.05, 0) is 64.9 Å². The summed E-state index contributed by atoms with van der Waals surface area (Å²) >= 11 is 16.1. The molecule has 2 fully saturated rings. The third-order valence-electron chi connectivity index (χ3n) is 11.4. The van der Waals surface area contributed by atoms with Crippen molar-refractivity contribution < 1.29 is 18.3 Å². The van der Waals surface area contributed by atoms with Crippen LogP contribution in [0.3, 0.4) is 0 Å². The van der Waals surface area contributed by atoms with Crippen LogP contribution in [0.2, 0.25) is 10.0 Å². The maximum absolute atomic E-state index is 13.5. The van der Waals surface area contributed by atoms with E-state index in [9.17, 15) is 19.3 Å². The van der Waals surface area contributed by atoms with E-state index in [2.05, 4.69) is 106 Å². The molecule has 0 spiro atoms. The molecule has 0 aliphatic carbocycles. The minimum Gasteiger partial charge on any atom is -0.379 e. The number of nitrogens with two attached hydrogens (primary N) is 1. The molecule has 0 atom stereocenters. The maximum Gasteiger partial charge on any atom is 0.185 e. The van der Waals surface area contributed by atoms with Crippen LogP contribution in [0.5, 0.6) is 0 Å². The molecule has 10 rings (SSSR count). The molecule has 6 heterocycles. The molecule has 370 valence electrons. The van der Waals surface area contributed by atoms with Crippen LogP contribution < -0.4 is 21.7 Å². The molecule has 21 heteroatoms. The van der Waals surface area contributed by atoms with Gasteiger partial charge < -0.3 is 31.2 Å². The summed E-state index contributed by atoms with van der Waals surface area (Å²) < 4.78 is 39.9. The molecule has 0 amide bonds. The van der Waals surface area contributed by atoms with Gasteiger partial charge in [-0.1, -0.05) is 94.8 Å². The van der Waals surface area contributed by atoms with E-state index in [1.807, 2.05) is 6.26 Å². The molecule has 4 aromatic heterocycles. The van der Waals surface area contributed by atoms with E-state index >= 15 is 0 Å². The van der Waals surface area contributed by atoms with Crippen molar-refractivity contribution in [3.05, 3.63) is 152 Å². The van der Waals surface area contributed by atoms with Crippen LogP contribution in [0.25, 0.3) is 20.7 Å². The number of nitrogens with zero attached hydrogens (tertiary/aromatic N) is 8. The van der Waals surface area contributed by atoms with E-state index in [-0.39, 0.29) is 10.0 Å². The second-order valence-corrected chi connectivity index (χ2v) is 20.2. The molecule has 0 radical (unpaired) electrons. The van der Waals surface area contributed by atoms with Gasteiger partial charge in [0.1, 0.15) is 28.5 Å². The minimum atomic E-state index is -0.504. The molecule has 0 bridgehead atoms. The van der Waals surface area contributed by atoms with Crippen molar-refractivity contribution in [2.75, 3.05) is 74.8 Å². The summed E-state index contributed by atoms with van der Waals surface area (Å²) in [6.07, 6.45) is 4.88. The Hall–Kier alpha value is -6.07. The quantitative estimate of drug-likeness (QED) is 0.0799. The number of hydrogen-bond donors (Lipinski definition) is 4. The summed E-state index contributed by atoms with van der Waals surface area (Å²) in [5.41, 5.74) is 14.7. The standard InChI is InChI=1S/C25H22ClFN6OS.C14H8ClFN4S2.C12H18N2O/c26-20-11-19(5-6-21(20)27)31-22-18(12-28)14-29-24-23(22)35-25(32-24)30-13-16-1-3-17(4-2-16)15-33-7-9-34-10-8-33;1-21-14-20-13-12(22-14)11(7(5-17)6-18-13)19-8-2-3-10(16)9(15)4-8;13-9-11-1-3-12(4-2-11)10-14-5-7-15-8-6-14/h1-6,11,14H,7-10,13,15H2,(H2,29,30,31,32);2-4,6H,1H3,(H,18,19);1-4H,5-10,13H2. The predicted octanol–water partition coefficient (Wildman–Crippen LogP) is 11.3. The molecule has 4 aromatic carbocycles. The number of halogens is 4. The highest BCUT2D eigenvalue weighted by molar-refractivity contribution is 8.00. The number of fused-ring (bicyclic) bond motifs is 2. The van der Waals surface area contributed by atoms with Gasteiger partial charge in [0.05, 0.1) is 63.7 Å². The Labute approximate surface area is 437 Å². The fourth-order valence-electron chi connectivity index (χ4n) is 7.50. The van der Waals surface area contributed by atoms with Gasteiger partial charge >= 0.3 is 0 Å². The zero-order valence-electron chi connectivity index (χ0n) is 38.9. The summed E-state index contributed by atoms with van der Waals surface area (Å²) in [6, 6.07) is 30.0. The van der Waals surface area contributed by atoms with Gasteiger partial charge in [0, 0.05) is 76.1 Å². The molecular formula is C51H48Cl2F2N12O2S3. The summed E-state index contributed by atoms with van der Waals surface area (Å²) in [5, 5.41) is 29.2. The molecule has 2 aliphatic heterocycles. The first-order chi connectivity index (χ1) is 35.1. The molecule has 72 heavy (non-hydrogen) atoms. The van der Waals surface area contributed by atoms with Crippen LogP contribution in [0.4, 0.5) is 36.7 Å². The molecule has 2 saturated heterocycles. The van der Waals surface area contributed by atoms with Gasteiger partial charge in [-0.3, -0.25) is 9.80 Å². The average molecular weight is 1070 g/mol. The first kappa shape index (κ1) is 52.3. The van der Waals surface area contributed by atoms with Crippen molar-refractivity contribution in [3.63, 3.8) is 0 Å². The van der Waals surface area contributed by atoms with Crippen LogP contribution in [0, 0.1) is 34.3 Å². The van der Waals surface area contributed by atoms with Crippen LogP contribution >= 0.6 is 57.6 Å². The van der Waals surface area contributed by atoms with Crippen LogP contribution in [-0.4, -0.2) is 88.6 Å². The highest BCUT2D eigenvalue weighted by Gasteiger charge is 2.18. The SMILES string of the molecule is CSc1nc2ncc(C#N)c(Nc3ccc(F)c(Cl)c3)c2s1.N#Cc1cnc2nc(NCc3ccc(CN4CCOCC4)cc3)sc2c1Nc1ccc(F)c(Cl)c1.NCc1ccc(CN2CCOCC2)cc1. The summed E-state index contributed by atoms with van der Waals surface area (Å²) in [6.45, 7) is 10.5. The van der Waals surface area contributed by atoms with Crippen LogP contribution in [0.1, 0.15) is 33.4 Å². The Balaban J connectivity index is 0.000000159. The summed E-state index contributed by atoms with van der Waals surface area (Å²) in [4.78, 5) is 22.3. The largest absolute Gasteiger partial charge is 0.379 e. The average Bonchev–Trinajstić information content (AvgIpc) is 4.05. The van der Waals surface area contributed by atoms with E-state index in [4.69, 9.17) is 38.4 Å². The Morgan fingerprint density at radius 1 is 0.667 bits per heavy atom. The van der Waals surface area contributed by atoms with Crippen molar-refractivity contribution in [1.82, 2.24) is 29.7 Å². The molecular weight excluding hydrogens is 1020 g/mol. The predicted molar refractivity (Wildman–Crippen MR) is 286 cm³/mol. The fraction of sp³-hybridized carbons (Fsp3) is 0.255. The highest BCUT2D eigenvalue weighted by atomic mass is 35.5. The zero-order valence-corrected chi connectivity index (χ0v) is 42.9. The number of aromatic nitrogens is 4. The monoisotopic (exact) mass is 1060 g/mol. The first-order valence-corrected chi connectivity index (χ1v) is 26.3. The molecule has 5 N–H and O–H groups in total. The number of nitrogens with one attached hydrogen (secondary N) is 3. The normalized spacial score (nSPS) is 13.8. The Kier molecular flexibility index (Phi) is 18.5. The number of morpholine rings is 2. The number of thiazole rings is 2. The number of nitriles is 2. The van der Waals surface area contributed by atoms with E-state index in [1.165, 1.54) is 87.8 Å². The van der Waals surface area contributed by atoms with Crippen molar-refractivity contribution in [2.24, 2.45) is 5.73 Å². The summed E-state index contributed by atoms with van der Waals surface area (Å²) in [5.74, 6) is -0.994. The molecule has 14 nitrogen and oxygen atoms in total. The van der Waals surface area contributed by atoms with Gasteiger partial charge in [-0.25, -0.2) is 28.7 Å². The van der Waals surface area contributed by atoms with E-state index in [0.29, 0.717) is 63.4 Å². The van der Waals surface area contributed by atoms with Crippen molar-refractivity contribution in [2.45, 2.75) is 30.5 Å². The number of pyridine rings is 2. The molecule has 0 saturated carbocycles. The number of hydrogen-bond acceptors (Lipinski definition) is 17. The smallest absolute Gasteiger partial charge is 0.185 e. The van der Waals surface area contributed by atoms with Crippen LogP contribution in [0.15, 0.2) is 102 Å². The van der Waals surface area contributed by atoms with Crippen molar-refractivity contribution in [3.8, 4) is 12.1 Å². The second kappa shape index (κ2) is 25.5. The highest BCUT2D eigenvalue weighted by Crippen LogP contribution is 2.38. The Bertz CT molecular complexity index is 3190. The lowest BCUT2D eigenvalue weighted by Gasteiger charge is -2.26. The lowest BCUT2D eigenvalue weighted by Crippen LogP contribution is -2.35. The topological polar surface area (TPSA) is 186 Å². The van der Waals surface area contributed by atoms with Gasteiger partial charge in [0.25, 0.3) is 0 Å². The Morgan fingerprint density at radius 3 is 1.58 bits per heavy atom. The van der Waals surface area contributed by atoms with E-state index < -0.39 is 11.6 Å². The molecule has 0 unspecified atom stereocenters. The van der Waals surface area contributed by atoms with Crippen molar-refractivity contribution in [1.29, 1.82) is 10.5 Å². The number of rotatable bonds is 13. The second-order valence-electron chi connectivity index (χ2n) is 16.3. The number of anilines is 5. The lowest BCUT2D eigenvalue weighted by molar-refractivity contribution is 0.0341.